The molecule has 1 atom stereocenters. The van der Waals surface area contributed by atoms with E-state index in [0.717, 1.165) is 18.5 Å². The maximum absolute atomic E-state index is 12.6. The lowest BCUT2D eigenvalue weighted by Crippen LogP contribution is -2.35. The predicted octanol–water partition coefficient (Wildman–Crippen LogP) is 2.62. The molecule has 4 heteroatoms. The first-order valence-electron chi connectivity index (χ1n) is 6.49. The van der Waals surface area contributed by atoms with Gasteiger partial charge in [0.25, 0.3) is 0 Å². The van der Waals surface area contributed by atoms with Crippen molar-refractivity contribution in [3.63, 3.8) is 0 Å². The van der Waals surface area contributed by atoms with E-state index in [-0.39, 0.29) is 5.78 Å². The first kappa shape index (κ1) is 12.1. The van der Waals surface area contributed by atoms with Gasteiger partial charge in [-0.2, -0.15) is 5.10 Å². The van der Waals surface area contributed by atoms with E-state index in [1.54, 1.807) is 16.9 Å². The highest BCUT2D eigenvalue weighted by Gasteiger charge is 2.39. The molecule has 1 saturated heterocycles. The number of benzene rings is 1. The van der Waals surface area contributed by atoms with Crippen LogP contribution in [-0.2, 0) is 4.74 Å². The standard InChI is InChI=1S/C15H16N2O2/c1-15(9-5-11-19-15)14(18)13-8-10-16-17(13)12-6-3-2-4-7-12/h2-4,6-8,10H,5,9,11H2,1H3. The van der Waals surface area contributed by atoms with Gasteiger partial charge in [-0.3, -0.25) is 4.79 Å². The Morgan fingerprint density at radius 2 is 2.11 bits per heavy atom. The van der Waals surface area contributed by atoms with Crippen molar-refractivity contribution < 1.29 is 9.53 Å². The van der Waals surface area contributed by atoms with Crippen molar-refractivity contribution in [1.29, 1.82) is 0 Å². The van der Waals surface area contributed by atoms with Crippen molar-refractivity contribution in [2.45, 2.75) is 25.4 Å². The molecule has 0 amide bonds. The van der Waals surface area contributed by atoms with Crippen LogP contribution in [0, 0.1) is 0 Å². The average Bonchev–Trinajstić information content (AvgIpc) is 3.08. The van der Waals surface area contributed by atoms with Crippen LogP contribution in [0.2, 0.25) is 0 Å². The lowest BCUT2D eigenvalue weighted by Gasteiger charge is -2.21. The fraction of sp³-hybridized carbons (Fsp3) is 0.333. The molecule has 2 aromatic rings. The topological polar surface area (TPSA) is 44.1 Å². The minimum absolute atomic E-state index is 0.00588. The van der Waals surface area contributed by atoms with Crippen molar-refractivity contribution in [3.8, 4) is 5.69 Å². The molecule has 0 saturated carbocycles. The van der Waals surface area contributed by atoms with E-state index in [1.165, 1.54) is 0 Å². The minimum atomic E-state index is -0.702. The Morgan fingerprint density at radius 1 is 1.32 bits per heavy atom. The lowest BCUT2D eigenvalue weighted by atomic mass is 9.95. The number of carbonyl (C=O) groups excluding carboxylic acids is 1. The zero-order chi connectivity index (χ0) is 13.3. The normalized spacial score (nSPS) is 22.6. The van der Waals surface area contributed by atoms with Crippen molar-refractivity contribution >= 4 is 5.78 Å². The highest BCUT2D eigenvalue weighted by molar-refractivity contribution is 6.01. The van der Waals surface area contributed by atoms with E-state index in [4.69, 9.17) is 4.74 Å². The van der Waals surface area contributed by atoms with Crippen molar-refractivity contribution in [1.82, 2.24) is 9.78 Å². The Morgan fingerprint density at radius 3 is 2.79 bits per heavy atom. The molecule has 1 aliphatic heterocycles. The second-order valence-corrected chi connectivity index (χ2v) is 4.98. The van der Waals surface area contributed by atoms with Gasteiger partial charge >= 0.3 is 0 Å². The zero-order valence-electron chi connectivity index (χ0n) is 10.9. The van der Waals surface area contributed by atoms with Crippen LogP contribution in [0.15, 0.2) is 42.6 Å². The van der Waals surface area contributed by atoms with Crippen molar-refractivity contribution in [2.75, 3.05) is 6.61 Å². The third-order valence-corrected chi connectivity index (χ3v) is 3.58. The summed E-state index contributed by atoms with van der Waals surface area (Å²) in [5.74, 6) is 0.00588. The molecule has 19 heavy (non-hydrogen) atoms. The van der Waals surface area contributed by atoms with Gasteiger partial charge in [-0.1, -0.05) is 18.2 Å². The maximum Gasteiger partial charge on any atom is 0.212 e. The van der Waals surface area contributed by atoms with Gasteiger partial charge in [0.2, 0.25) is 5.78 Å². The van der Waals surface area contributed by atoms with Crippen LogP contribution in [0.5, 0.6) is 0 Å². The monoisotopic (exact) mass is 256 g/mol. The predicted molar refractivity (Wildman–Crippen MR) is 71.5 cm³/mol. The highest BCUT2D eigenvalue weighted by atomic mass is 16.5. The Labute approximate surface area is 112 Å². The Kier molecular flexibility index (Phi) is 2.95. The molecule has 1 unspecified atom stereocenters. The summed E-state index contributed by atoms with van der Waals surface area (Å²) in [6.07, 6.45) is 3.35. The van der Waals surface area contributed by atoms with E-state index in [9.17, 15) is 4.79 Å². The largest absolute Gasteiger partial charge is 0.367 e. The number of nitrogens with zero attached hydrogens (tertiary/aromatic N) is 2. The molecule has 0 bridgehead atoms. The van der Waals surface area contributed by atoms with Crippen LogP contribution in [0.25, 0.3) is 5.69 Å². The van der Waals surface area contributed by atoms with Gasteiger partial charge in [0.1, 0.15) is 11.3 Å². The molecule has 98 valence electrons. The van der Waals surface area contributed by atoms with Crippen LogP contribution in [0.3, 0.4) is 0 Å². The van der Waals surface area contributed by atoms with Crippen LogP contribution in [0.4, 0.5) is 0 Å². The molecule has 0 N–H and O–H groups in total. The summed E-state index contributed by atoms with van der Waals surface area (Å²) < 4.78 is 7.30. The number of Topliss-reactive ketones (excluding diaryl/α,β-unsaturated/α-hetero) is 1. The molecular formula is C15H16N2O2. The molecule has 3 rings (SSSR count). The Bertz CT molecular complexity index is 583. The van der Waals surface area contributed by atoms with Crippen LogP contribution in [-0.4, -0.2) is 27.8 Å². The molecule has 0 aliphatic carbocycles. The summed E-state index contributed by atoms with van der Waals surface area (Å²) in [4.78, 5) is 12.6. The van der Waals surface area contributed by atoms with Crippen LogP contribution >= 0.6 is 0 Å². The summed E-state index contributed by atoms with van der Waals surface area (Å²) >= 11 is 0. The molecule has 1 aromatic carbocycles. The number of aromatic nitrogens is 2. The van der Waals surface area contributed by atoms with Crippen molar-refractivity contribution in [2.24, 2.45) is 0 Å². The average molecular weight is 256 g/mol. The summed E-state index contributed by atoms with van der Waals surface area (Å²) in [5.41, 5.74) is 0.764. The van der Waals surface area contributed by atoms with Gasteiger partial charge in [0.05, 0.1) is 11.9 Å². The van der Waals surface area contributed by atoms with Gasteiger partial charge in [-0.25, -0.2) is 4.68 Å². The summed E-state index contributed by atoms with van der Waals surface area (Å²) in [6.45, 7) is 2.52. The van der Waals surface area contributed by atoms with E-state index in [2.05, 4.69) is 5.10 Å². The molecule has 0 radical (unpaired) electrons. The molecule has 1 aliphatic rings. The second-order valence-electron chi connectivity index (χ2n) is 4.98. The number of ketones is 1. The summed E-state index contributed by atoms with van der Waals surface area (Å²) in [5, 5.41) is 4.25. The van der Waals surface area contributed by atoms with Gasteiger partial charge in [0, 0.05) is 6.61 Å². The number of para-hydroxylation sites is 1. The van der Waals surface area contributed by atoms with Crippen molar-refractivity contribution in [3.05, 3.63) is 48.3 Å². The first-order chi connectivity index (χ1) is 9.21. The first-order valence-corrected chi connectivity index (χ1v) is 6.49. The Hall–Kier alpha value is -1.94. The Balaban J connectivity index is 1.99. The third kappa shape index (κ3) is 2.08. The third-order valence-electron chi connectivity index (χ3n) is 3.58. The molecular weight excluding hydrogens is 240 g/mol. The number of rotatable bonds is 3. The zero-order valence-corrected chi connectivity index (χ0v) is 10.9. The van der Waals surface area contributed by atoms with E-state index >= 15 is 0 Å². The number of carbonyl (C=O) groups is 1. The van der Waals surface area contributed by atoms with E-state index in [1.807, 2.05) is 37.3 Å². The fourth-order valence-corrected chi connectivity index (χ4v) is 2.48. The SMILES string of the molecule is CC1(C(=O)c2ccnn2-c2ccccc2)CCCO1. The van der Waals surface area contributed by atoms with Gasteiger partial charge in [-0.05, 0) is 38.0 Å². The number of hydrogen-bond donors (Lipinski definition) is 0. The molecule has 2 heterocycles. The van der Waals surface area contributed by atoms with Gasteiger partial charge < -0.3 is 4.74 Å². The van der Waals surface area contributed by atoms with E-state index in [0.29, 0.717) is 12.3 Å². The molecule has 0 spiro atoms. The van der Waals surface area contributed by atoms with E-state index < -0.39 is 5.60 Å². The van der Waals surface area contributed by atoms with Gasteiger partial charge in [-0.15, -0.1) is 0 Å². The lowest BCUT2D eigenvalue weighted by molar-refractivity contribution is 0.0206. The molecule has 4 nitrogen and oxygen atoms in total. The number of ether oxygens (including phenoxy) is 1. The van der Waals surface area contributed by atoms with Crippen LogP contribution in [0.1, 0.15) is 30.3 Å². The number of hydrogen-bond acceptors (Lipinski definition) is 3. The summed E-state index contributed by atoms with van der Waals surface area (Å²) in [6, 6.07) is 11.4. The fourth-order valence-electron chi connectivity index (χ4n) is 2.48. The van der Waals surface area contributed by atoms with Gasteiger partial charge in [0.15, 0.2) is 0 Å². The van der Waals surface area contributed by atoms with Crippen LogP contribution < -0.4 is 0 Å². The maximum atomic E-state index is 12.6. The molecule has 1 aromatic heterocycles. The highest BCUT2D eigenvalue weighted by Crippen LogP contribution is 2.29. The summed E-state index contributed by atoms with van der Waals surface area (Å²) in [7, 11) is 0. The minimum Gasteiger partial charge on any atom is -0.367 e. The molecule has 1 fully saturated rings. The second kappa shape index (κ2) is 4.63. The smallest absolute Gasteiger partial charge is 0.212 e. The quantitative estimate of drug-likeness (QED) is 0.793.